The van der Waals surface area contributed by atoms with Crippen molar-refractivity contribution in [1.29, 1.82) is 0 Å². The van der Waals surface area contributed by atoms with Crippen LogP contribution in [-0.2, 0) is 38.3 Å². The fourth-order valence-corrected chi connectivity index (χ4v) is 6.91. The SMILES string of the molecule is CC/C=C\C/C=C\C/C=C\C/C=C\CCCCCCCCCOCC(COC1OC(CO)C(O)C(OS(=O)(=O)O)C1O)OC(=O)CCCCCCC/C=C\C/C=C\CCC. The molecule has 0 spiro atoms. The molecule has 60 heavy (non-hydrogen) atoms. The molecule has 1 aliphatic rings. The highest BCUT2D eigenvalue weighted by Crippen LogP contribution is 2.26. The lowest BCUT2D eigenvalue weighted by atomic mass is 9.99. The van der Waals surface area contributed by atoms with E-state index in [-0.39, 0.29) is 19.6 Å². The van der Waals surface area contributed by atoms with E-state index in [9.17, 15) is 28.5 Å². The number of unbranched alkanes of at least 4 members (excludes halogenated alkanes) is 13. The van der Waals surface area contributed by atoms with Crippen LogP contribution in [0.15, 0.2) is 72.9 Å². The van der Waals surface area contributed by atoms with E-state index in [2.05, 4.69) is 90.9 Å². The van der Waals surface area contributed by atoms with E-state index in [0.29, 0.717) is 13.0 Å². The van der Waals surface area contributed by atoms with Gasteiger partial charge in [0, 0.05) is 13.0 Å². The maximum Gasteiger partial charge on any atom is 0.397 e. The smallest absolute Gasteiger partial charge is 0.397 e. The molecule has 6 unspecified atom stereocenters. The largest absolute Gasteiger partial charge is 0.457 e. The highest BCUT2D eigenvalue weighted by atomic mass is 32.3. The van der Waals surface area contributed by atoms with Crippen molar-refractivity contribution in [3.8, 4) is 0 Å². The van der Waals surface area contributed by atoms with E-state index >= 15 is 0 Å². The molecular formula is C47H80O12S. The molecule has 0 aromatic heterocycles. The summed E-state index contributed by atoms with van der Waals surface area (Å²) < 4.78 is 59.0. The van der Waals surface area contributed by atoms with Crippen molar-refractivity contribution in [3.05, 3.63) is 72.9 Å². The van der Waals surface area contributed by atoms with Crippen LogP contribution in [0.3, 0.4) is 0 Å². The Morgan fingerprint density at radius 1 is 0.650 bits per heavy atom. The number of ether oxygens (including phenoxy) is 4. The maximum atomic E-state index is 12.8. The standard InChI is InChI=1S/C47H80O12S/c1-3-5-7-9-11-13-15-17-18-19-20-21-22-23-25-27-29-31-33-35-37-55-39-41(40-56-47-45(51)46(59-60(52,53)54)44(50)42(38-48)58-47)57-43(49)36-34-32-30-28-26-24-16-14-12-10-8-6-4-2/h5,7-8,10-11,13-14,16-18,20-21,41-42,44-48,50-51H,3-4,6,9,12,15,19,22-40H2,1-2H3,(H,52,53,54)/b7-5-,10-8-,13-11-,16-14-,18-17-,21-20-. The molecule has 1 fully saturated rings. The molecule has 0 aromatic rings. The van der Waals surface area contributed by atoms with Gasteiger partial charge in [-0.25, -0.2) is 4.18 Å². The van der Waals surface area contributed by atoms with Crippen LogP contribution >= 0.6 is 0 Å². The van der Waals surface area contributed by atoms with Crippen molar-refractivity contribution >= 4 is 16.4 Å². The quantitative estimate of drug-likeness (QED) is 0.0200. The molecule has 0 bridgehead atoms. The zero-order valence-corrected chi connectivity index (χ0v) is 37.6. The fourth-order valence-electron chi connectivity index (χ4n) is 6.41. The molecule has 1 aliphatic heterocycles. The highest BCUT2D eigenvalue weighted by molar-refractivity contribution is 7.80. The number of aliphatic hydroxyl groups excluding tert-OH is 3. The Bertz CT molecular complexity index is 1330. The molecule has 1 saturated heterocycles. The van der Waals surface area contributed by atoms with Gasteiger partial charge in [-0.15, -0.1) is 0 Å². The summed E-state index contributed by atoms with van der Waals surface area (Å²) in [6.45, 7) is 3.75. The van der Waals surface area contributed by atoms with Gasteiger partial charge < -0.3 is 34.3 Å². The molecule has 1 rings (SSSR count). The fraction of sp³-hybridized carbons (Fsp3) is 0.723. The molecular weight excluding hydrogens is 789 g/mol. The molecule has 0 saturated carbocycles. The lowest BCUT2D eigenvalue weighted by molar-refractivity contribution is -0.301. The van der Waals surface area contributed by atoms with Crippen LogP contribution in [0.2, 0.25) is 0 Å². The Morgan fingerprint density at radius 2 is 1.15 bits per heavy atom. The summed E-state index contributed by atoms with van der Waals surface area (Å²) in [6.07, 6.45) is 39.3. The zero-order valence-electron chi connectivity index (χ0n) is 36.7. The minimum Gasteiger partial charge on any atom is -0.457 e. The molecule has 13 heteroatoms. The van der Waals surface area contributed by atoms with Crippen molar-refractivity contribution < 1.29 is 56.2 Å². The summed E-state index contributed by atoms with van der Waals surface area (Å²) >= 11 is 0. The predicted octanol–water partition coefficient (Wildman–Crippen LogP) is 9.52. The average molecular weight is 869 g/mol. The van der Waals surface area contributed by atoms with Crippen molar-refractivity contribution in [2.75, 3.05) is 26.4 Å². The number of hydrogen-bond donors (Lipinski definition) is 4. The van der Waals surface area contributed by atoms with E-state index < -0.39 is 59.8 Å². The molecule has 12 nitrogen and oxygen atoms in total. The van der Waals surface area contributed by atoms with Crippen LogP contribution in [0, 0.1) is 0 Å². The van der Waals surface area contributed by atoms with Gasteiger partial charge in [0.25, 0.3) is 0 Å². The minimum atomic E-state index is -5.07. The van der Waals surface area contributed by atoms with Crippen molar-refractivity contribution in [1.82, 2.24) is 0 Å². The van der Waals surface area contributed by atoms with Gasteiger partial charge in [-0.05, 0) is 77.0 Å². The van der Waals surface area contributed by atoms with Crippen molar-refractivity contribution in [2.24, 2.45) is 0 Å². The van der Waals surface area contributed by atoms with Gasteiger partial charge in [-0.3, -0.25) is 9.35 Å². The Balaban J connectivity index is 2.43. The van der Waals surface area contributed by atoms with Crippen LogP contribution in [0.4, 0.5) is 0 Å². The molecule has 4 N–H and O–H groups in total. The van der Waals surface area contributed by atoms with Crippen LogP contribution in [0.5, 0.6) is 0 Å². The van der Waals surface area contributed by atoms with Gasteiger partial charge in [0.05, 0.1) is 19.8 Å². The Labute approximate surface area is 362 Å². The monoisotopic (exact) mass is 869 g/mol. The predicted molar refractivity (Wildman–Crippen MR) is 239 cm³/mol. The summed E-state index contributed by atoms with van der Waals surface area (Å²) in [5.74, 6) is -0.422. The average Bonchev–Trinajstić information content (AvgIpc) is 3.22. The van der Waals surface area contributed by atoms with Crippen molar-refractivity contribution in [3.63, 3.8) is 0 Å². The van der Waals surface area contributed by atoms with Gasteiger partial charge in [0.1, 0.15) is 30.5 Å². The first-order valence-corrected chi connectivity index (χ1v) is 24.1. The second kappa shape index (κ2) is 38.2. The highest BCUT2D eigenvalue weighted by Gasteiger charge is 2.48. The number of esters is 1. The summed E-state index contributed by atoms with van der Waals surface area (Å²) in [5.41, 5.74) is 0. The summed E-state index contributed by atoms with van der Waals surface area (Å²) in [7, 11) is -5.07. The summed E-state index contributed by atoms with van der Waals surface area (Å²) in [5, 5.41) is 30.7. The van der Waals surface area contributed by atoms with E-state index in [1.54, 1.807) is 0 Å². The number of aliphatic hydroxyl groups is 3. The zero-order chi connectivity index (χ0) is 43.9. The lowest BCUT2D eigenvalue weighted by Gasteiger charge is -2.41. The number of allylic oxidation sites excluding steroid dienone is 12. The third kappa shape index (κ3) is 31.4. The topological polar surface area (TPSA) is 178 Å². The summed E-state index contributed by atoms with van der Waals surface area (Å²) in [6, 6.07) is 0. The second-order valence-electron chi connectivity index (χ2n) is 15.3. The molecule has 1 heterocycles. The molecule has 0 aromatic carbocycles. The third-order valence-electron chi connectivity index (χ3n) is 9.79. The molecule has 0 amide bonds. The summed E-state index contributed by atoms with van der Waals surface area (Å²) in [4.78, 5) is 12.8. The van der Waals surface area contributed by atoms with Crippen LogP contribution in [0.1, 0.15) is 155 Å². The van der Waals surface area contributed by atoms with Crippen molar-refractivity contribution in [2.45, 2.75) is 192 Å². The van der Waals surface area contributed by atoms with Gasteiger partial charge >= 0.3 is 16.4 Å². The number of carbonyl (C=O) groups is 1. The Hall–Kier alpha value is -2.46. The number of hydrogen-bond acceptors (Lipinski definition) is 11. The third-order valence-corrected chi connectivity index (χ3v) is 10.3. The van der Waals surface area contributed by atoms with Gasteiger partial charge in [-0.1, -0.05) is 145 Å². The first-order chi connectivity index (χ1) is 29.1. The lowest BCUT2D eigenvalue weighted by Crippen LogP contribution is -2.60. The van der Waals surface area contributed by atoms with Crippen LogP contribution in [-0.4, -0.2) is 97.5 Å². The number of carbonyl (C=O) groups excluding carboxylic acids is 1. The minimum absolute atomic E-state index is 0.0186. The Morgan fingerprint density at radius 3 is 1.68 bits per heavy atom. The molecule has 0 aliphatic carbocycles. The maximum absolute atomic E-state index is 12.8. The normalized spacial score (nSPS) is 20.9. The first-order valence-electron chi connectivity index (χ1n) is 22.7. The van der Waals surface area contributed by atoms with Crippen LogP contribution in [0.25, 0.3) is 0 Å². The second-order valence-corrected chi connectivity index (χ2v) is 16.3. The Kier molecular flexibility index (Phi) is 35.4. The van der Waals surface area contributed by atoms with E-state index in [0.717, 1.165) is 109 Å². The van der Waals surface area contributed by atoms with Gasteiger partial charge in [-0.2, -0.15) is 8.42 Å². The van der Waals surface area contributed by atoms with Gasteiger partial charge in [0.15, 0.2) is 6.29 Å². The van der Waals surface area contributed by atoms with E-state index in [1.807, 2.05) is 0 Å². The molecule has 0 radical (unpaired) electrons. The molecule has 346 valence electrons. The first kappa shape index (κ1) is 55.6. The van der Waals surface area contributed by atoms with Gasteiger partial charge in [0.2, 0.25) is 0 Å². The van der Waals surface area contributed by atoms with E-state index in [1.165, 1.54) is 19.3 Å². The molecule has 6 atom stereocenters. The number of rotatable bonds is 38. The van der Waals surface area contributed by atoms with Crippen LogP contribution < -0.4 is 0 Å². The van der Waals surface area contributed by atoms with E-state index in [4.69, 9.17) is 23.5 Å².